The molecule has 0 unspecified atom stereocenters. The summed E-state index contributed by atoms with van der Waals surface area (Å²) in [7, 11) is 0. The van der Waals surface area contributed by atoms with Gasteiger partial charge in [0.2, 0.25) is 0 Å². The van der Waals surface area contributed by atoms with Crippen molar-refractivity contribution >= 4 is 55.6 Å². The number of para-hydroxylation sites is 1. The maximum absolute atomic E-state index is 13.9. The third-order valence-electron chi connectivity index (χ3n) is 5.15. The van der Waals surface area contributed by atoms with Gasteiger partial charge in [-0.3, -0.25) is 14.8 Å². The van der Waals surface area contributed by atoms with Gasteiger partial charge in [0.1, 0.15) is 11.4 Å². The van der Waals surface area contributed by atoms with E-state index in [1.165, 1.54) is 18.2 Å². The minimum absolute atomic E-state index is 0.0269. The molecule has 0 saturated carbocycles. The smallest absolute Gasteiger partial charge is 0.286 e. The molecule has 2 aromatic heterocycles. The molecule has 3 aromatic carbocycles. The largest absolute Gasteiger partial charge is 0.454 e. The number of aromatic amines is 1. The number of H-pyrrole nitrogens is 1. The number of nitrogens with zero attached hydrogens (tertiary/aromatic N) is 1. The van der Waals surface area contributed by atoms with E-state index in [1.54, 1.807) is 0 Å². The van der Waals surface area contributed by atoms with Crippen LogP contribution in [0.1, 0.15) is 20.7 Å². The molecule has 1 aliphatic heterocycles. The third kappa shape index (κ3) is 1.58. The standard InChI is InChI=1S/C20H9FN2O4/c21-8-5-6-12-10(7-8)14-16-15(19(24)23(26)20(16)25)13-9-3-1-2-4-11(9)22-17(13)18(14)27-12/h1-7,22,26H. The second-order valence-corrected chi connectivity index (χ2v) is 6.54. The molecule has 27 heavy (non-hydrogen) atoms. The Hall–Kier alpha value is -3.71. The summed E-state index contributed by atoms with van der Waals surface area (Å²) in [6, 6.07) is 11.3. The summed E-state index contributed by atoms with van der Waals surface area (Å²) in [6.45, 7) is 0. The van der Waals surface area contributed by atoms with Crippen LogP contribution >= 0.6 is 0 Å². The molecule has 7 heteroatoms. The summed E-state index contributed by atoms with van der Waals surface area (Å²) in [5, 5.41) is 12.0. The number of carbonyl (C=O) groups is 2. The van der Waals surface area contributed by atoms with Crippen LogP contribution in [-0.2, 0) is 0 Å². The molecule has 0 fully saturated rings. The van der Waals surface area contributed by atoms with Crippen LogP contribution in [0.2, 0.25) is 0 Å². The highest BCUT2D eigenvalue weighted by atomic mass is 19.1. The first-order valence-corrected chi connectivity index (χ1v) is 8.22. The Kier molecular flexibility index (Phi) is 2.42. The lowest BCUT2D eigenvalue weighted by Crippen LogP contribution is -2.25. The Morgan fingerprint density at radius 1 is 0.963 bits per heavy atom. The lowest BCUT2D eigenvalue weighted by atomic mass is 9.97. The zero-order valence-electron chi connectivity index (χ0n) is 13.5. The normalized spacial score (nSPS) is 14.4. The molecule has 1 aliphatic rings. The predicted molar refractivity (Wildman–Crippen MR) is 95.3 cm³/mol. The predicted octanol–water partition coefficient (Wildman–Crippen LogP) is 4.34. The molecule has 0 bridgehead atoms. The number of benzene rings is 3. The highest BCUT2D eigenvalue weighted by molar-refractivity contribution is 6.38. The summed E-state index contributed by atoms with van der Waals surface area (Å²) in [5.41, 5.74) is 2.13. The van der Waals surface area contributed by atoms with Gasteiger partial charge in [-0.05, 0) is 24.3 Å². The second-order valence-electron chi connectivity index (χ2n) is 6.54. The van der Waals surface area contributed by atoms with Crippen LogP contribution in [0.5, 0.6) is 0 Å². The summed E-state index contributed by atoms with van der Waals surface area (Å²) < 4.78 is 19.8. The number of rotatable bonds is 0. The van der Waals surface area contributed by atoms with E-state index in [2.05, 4.69) is 4.98 Å². The van der Waals surface area contributed by atoms with Gasteiger partial charge in [0.05, 0.1) is 16.6 Å². The van der Waals surface area contributed by atoms with Crippen molar-refractivity contribution < 1.29 is 23.6 Å². The van der Waals surface area contributed by atoms with Crippen molar-refractivity contribution in [2.45, 2.75) is 0 Å². The van der Waals surface area contributed by atoms with Gasteiger partial charge < -0.3 is 9.40 Å². The van der Waals surface area contributed by atoms with Crippen molar-refractivity contribution in [1.29, 1.82) is 0 Å². The number of furan rings is 1. The maximum atomic E-state index is 13.9. The number of halogens is 1. The van der Waals surface area contributed by atoms with E-state index in [9.17, 15) is 19.2 Å². The third-order valence-corrected chi connectivity index (χ3v) is 5.15. The number of carbonyl (C=O) groups excluding carboxylic acids is 2. The number of aromatic nitrogens is 1. The van der Waals surface area contributed by atoms with Crippen LogP contribution in [0.4, 0.5) is 4.39 Å². The zero-order valence-corrected chi connectivity index (χ0v) is 13.5. The van der Waals surface area contributed by atoms with Crippen LogP contribution in [0.25, 0.3) is 43.7 Å². The number of hydroxylamine groups is 2. The molecule has 130 valence electrons. The first-order valence-electron chi connectivity index (χ1n) is 8.22. The number of fused-ring (bicyclic) bond motifs is 10. The number of hydrogen-bond donors (Lipinski definition) is 2. The Morgan fingerprint density at radius 2 is 1.70 bits per heavy atom. The minimum atomic E-state index is -0.848. The molecule has 0 saturated heterocycles. The number of nitrogens with one attached hydrogen (secondary N) is 1. The first kappa shape index (κ1) is 14.5. The van der Waals surface area contributed by atoms with Crippen LogP contribution in [0.15, 0.2) is 46.9 Å². The molecule has 3 heterocycles. The fourth-order valence-corrected chi connectivity index (χ4v) is 4.05. The van der Waals surface area contributed by atoms with E-state index in [-0.39, 0.29) is 16.2 Å². The molecule has 0 radical (unpaired) electrons. The minimum Gasteiger partial charge on any atom is -0.454 e. The fraction of sp³-hybridized carbons (Fsp3) is 0. The van der Waals surface area contributed by atoms with Crippen molar-refractivity contribution in [3.63, 3.8) is 0 Å². The van der Waals surface area contributed by atoms with Crippen LogP contribution < -0.4 is 0 Å². The Morgan fingerprint density at radius 3 is 2.52 bits per heavy atom. The molecule has 0 spiro atoms. The maximum Gasteiger partial charge on any atom is 0.286 e. The highest BCUT2D eigenvalue weighted by Crippen LogP contribution is 2.44. The number of hydrogen-bond acceptors (Lipinski definition) is 4. The molecule has 2 amide bonds. The van der Waals surface area contributed by atoms with Crippen LogP contribution in [-0.4, -0.2) is 27.1 Å². The number of imide groups is 1. The van der Waals surface area contributed by atoms with E-state index in [0.29, 0.717) is 32.8 Å². The molecular weight excluding hydrogens is 351 g/mol. The van der Waals surface area contributed by atoms with Gasteiger partial charge in [-0.15, -0.1) is 5.06 Å². The molecule has 6 nitrogen and oxygen atoms in total. The Bertz CT molecular complexity index is 1490. The van der Waals surface area contributed by atoms with Gasteiger partial charge in [-0.2, -0.15) is 0 Å². The van der Waals surface area contributed by atoms with Gasteiger partial charge in [0.25, 0.3) is 11.8 Å². The van der Waals surface area contributed by atoms with E-state index in [1.807, 2.05) is 24.3 Å². The SMILES string of the molecule is O=C1c2c(c3c4cc(F)ccc4oc3c3[nH]c4ccccc4c23)C(=O)N1O. The molecule has 0 aliphatic carbocycles. The average Bonchev–Trinajstić information content (AvgIpc) is 3.29. The molecule has 0 atom stereocenters. The summed E-state index contributed by atoms with van der Waals surface area (Å²) in [5.74, 6) is -2.15. The lowest BCUT2D eigenvalue weighted by Gasteiger charge is -2.01. The Balaban J connectivity index is 2.00. The summed E-state index contributed by atoms with van der Waals surface area (Å²) >= 11 is 0. The van der Waals surface area contributed by atoms with Crippen molar-refractivity contribution in [2.24, 2.45) is 0 Å². The summed E-state index contributed by atoms with van der Waals surface area (Å²) in [4.78, 5) is 28.6. The van der Waals surface area contributed by atoms with E-state index in [0.717, 1.165) is 10.9 Å². The van der Waals surface area contributed by atoms with Gasteiger partial charge in [0.15, 0.2) is 5.58 Å². The quantitative estimate of drug-likeness (QED) is 0.318. The van der Waals surface area contributed by atoms with Crippen molar-refractivity contribution in [3.8, 4) is 0 Å². The van der Waals surface area contributed by atoms with E-state index < -0.39 is 17.6 Å². The first-order chi connectivity index (χ1) is 13.1. The topological polar surface area (TPSA) is 86.5 Å². The van der Waals surface area contributed by atoms with Crippen molar-refractivity contribution in [2.75, 3.05) is 0 Å². The fourth-order valence-electron chi connectivity index (χ4n) is 4.05. The second kappa shape index (κ2) is 4.52. The van der Waals surface area contributed by atoms with Gasteiger partial charge in [0, 0.05) is 27.1 Å². The number of amides is 2. The van der Waals surface area contributed by atoms with Crippen molar-refractivity contribution in [3.05, 3.63) is 59.4 Å². The monoisotopic (exact) mass is 360 g/mol. The van der Waals surface area contributed by atoms with Crippen LogP contribution in [0, 0.1) is 5.82 Å². The molecule has 5 aromatic rings. The van der Waals surface area contributed by atoms with Crippen molar-refractivity contribution in [1.82, 2.24) is 10.0 Å². The molecule has 6 rings (SSSR count). The average molecular weight is 360 g/mol. The van der Waals surface area contributed by atoms with Gasteiger partial charge in [-0.25, -0.2) is 4.39 Å². The van der Waals surface area contributed by atoms with Gasteiger partial charge >= 0.3 is 0 Å². The molecule has 2 N–H and O–H groups in total. The van der Waals surface area contributed by atoms with E-state index >= 15 is 0 Å². The zero-order chi connectivity index (χ0) is 18.4. The highest BCUT2D eigenvalue weighted by Gasteiger charge is 2.41. The molecular formula is C20H9FN2O4. The van der Waals surface area contributed by atoms with Crippen LogP contribution in [0.3, 0.4) is 0 Å². The Labute approximate surface area is 149 Å². The lowest BCUT2D eigenvalue weighted by molar-refractivity contribution is -0.0325. The summed E-state index contributed by atoms with van der Waals surface area (Å²) in [6.07, 6.45) is 0. The van der Waals surface area contributed by atoms with Gasteiger partial charge in [-0.1, -0.05) is 18.2 Å². The van der Waals surface area contributed by atoms with E-state index in [4.69, 9.17) is 4.42 Å².